The summed E-state index contributed by atoms with van der Waals surface area (Å²) in [5.74, 6) is 0.942. The molecule has 1 fully saturated rings. The molecule has 2 heterocycles. The Hall–Kier alpha value is -1.72. The van der Waals surface area contributed by atoms with Crippen molar-refractivity contribution in [2.24, 2.45) is 5.10 Å². The second-order valence-corrected chi connectivity index (χ2v) is 4.49. The van der Waals surface area contributed by atoms with Crippen molar-refractivity contribution in [2.45, 2.75) is 25.1 Å². The molecule has 0 spiro atoms. The fourth-order valence-corrected chi connectivity index (χ4v) is 2.54. The smallest absolute Gasteiger partial charge is 0.333 e. The molecule has 0 saturated carbocycles. The molecule has 2 aliphatic heterocycles. The minimum atomic E-state index is -4.28. The lowest BCUT2D eigenvalue weighted by Gasteiger charge is -2.22. The Bertz CT molecular complexity index is 496. The van der Waals surface area contributed by atoms with Gasteiger partial charge in [0.2, 0.25) is 0 Å². The minimum Gasteiger partial charge on any atom is -0.333 e. The second kappa shape index (κ2) is 3.90. The molecule has 1 aromatic carbocycles. The van der Waals surface area contributed by atoms with E-state index in [4.69, 9.17) is 0 Å². The van der Waals surface area contributed by atoms with Crippen molar-refractivity contribution in [1.29, 1.82) is 0 Å². The number of benzene rings is 1. The van der Waals surface area contributed by atoms with E-state index in [0.717, 1.165) is 24.7 Å². The Morgan fingerprint density at radius 2 is 2.17 bits per heavy atom. The van der Waals surface area contributed by atoms with Crippen molar-refractivity contribution in [2.75, 3.05) is 6.67 Å². The number of alkyl halides is 3. The SMILES string of the molecule is FC(F)(F)c1cccc([C@H]2CCC3=NNCN32)c1. The van der Waals surface area contributed by atoms with Gasteiger partial charge in [-0.25, -0.2) is 0 Å². The number of fused-ring (bicyclic) bond motifs is 1. The van der Waals surface area contributed by atoms with Crippen LogP contribution in [0.1, 0.15) is 30.0 Å². The first kappa shape index (κ1) is 11.4. The van der Waals surface area contributed by atoms with Gasteiger partial charge in [0, 0.05) is 6.42 Å². The molecule has 0 aliphatic carbocycles. The fraction of sp³-hybridized carbons (Fsp3) is 0.417. The summed E-state index contributed by atoms with van der Waals surface area (Å²) in [4.78, 5) is 2.02. The van der Waals surface area contributed by atoms with Gasteiger partial charge in [-0.3, -0.25) is 5.43 Å². The molecule has 0 unspecified atom stereocenters. The van der Waals surface area contributed by atoms with Gasteiger partial charge in [-0.15, -0.1) is 0 Å². The highest BCUT2D eigenvalue weighted by Crippen LogP contribution is 2.37. The van der Waals surface area contributed by atoms with E-state index in [1.165, 1.54) is 12.1 Å². The van der Waals surface area contributed by atoms with Crippen LogP contribution in [0.3, 0.4) is 0 Å². The first-order valence-electron chi connectivity index (χ1n) is 5.79. The Labute approximate surface area is 102 Å². The fourth-order valence-electron chi connectivity index (χ4n) is 2.54. The molecule has 0 aromatic heterocycles. The Morgan fingerprint density at radius 1 is 1.33 bits per heavy atom. The van der Waals surface area contributed by atoms with E-state index in [1.807, 2.05) is 4.90 Å². The molecule has 3 nitrogen and oxygen atoms in total. The maximum Gasteiger partial charge on any atom is 0.416 e. The van der Waals surface area contributed by atoms with Gasteiger partial charge >= 0.3 is 6.18 Å². The molecule has 1 atom stereocenters. The molecule has 0 radical (unpaired) electrons. The molecule has 0 amide bonds. The number of hydrogen-bond donors (Lipinski definition) is 1. The Morgan fingerprint density at radius 3 is 2.94 bits per heavy atom. The summed E-state index contributed by atoms with van der Waals surface area (Å²) in [6, 6.07) is 5.57. The maximum atomic E-state index is 12.7. The third kappa shape index (κ3) is 1.81. The van der Waals surface area contributed by atoms with Gasteiger partial charge in [0.15, 0.2) is 0 Å². The normalized spacial score (nSPS) is 22.7. The van der Waals surface area contributed by atoms with Crippen molar-refractivity contribution < 1.29 is 13.2 Å². The third-order valence-corrected chi connectivity index (χ3v) is 3.40. The van der Waals surface area contributed by atoms with Crippen molar-refractivity contribution >= 4 is 5.84 Å². The summed E-state index contributed by atoms with van der Waals surface area (Å²) in [7, 11) is 0. The standard InChI is InChI=1S/C12H12F3N3/c13-12(14,15)9-3-1-2-8(6-9)10-4-5-11-17-16-7-18(10)11/h1-3,6,10,16H,4-5,7H2/t10-/m1/s1. The summed E-state index contributed by atoms with van der Waals surface area (Å²) in [5, 5.41) is 4.11. The first-order chi connectivity index (χ1) is 8.55. The number of nitrogens with zero attached hydrogens (tertiary/aromatic N) is 2. The van der Waals surface area contributed by atoms with Crippen LogP contribution in [0.25, 0.3) is 0 Å². The summed E-state index contributed by atoms with van der Waals surface area (Å²) in [5.41, 5.74) is 2.98. The van der Waals surface area contributed by atoms with E-state index < -0.39 is 11.7 Å². The van der Waals surface area contributed by atoms with Gasteiger partial charge in [0.05, 0.1) is 11.6 Å². The molecule has 18 heavy (non-hydrogen) atoms. The molecule has 96 valence electrons. The first-order valence-corrected chi connectivity index (χ1v) is 5.79. The summed E-state index contributed by atoms with van der Waals surface area (Å²) in [6.45, 7) is 0.580. The van der Waals surface area contributed by atoms with Crippen LogP contribution in [0.4, 0.5) is 13.2 Å². The van der Waals surface area contributed by atoms with E-state index in [9.17, 15) is 13.2 Å². The lowest BCUT2D eigenvalue weighted by molar-refractivity contribution is -0.137. The van der Waals surface area contributed by atoms with Gasteiger partial charge in [0.1, 0.15) is 12.5 Å². The highest BCUT2D eigenvalue weighted by Gasteiger charge is 2.35. The molecular weight excluding hydrogens is 243 g/mol. The van der Waals surface area contributed by atoms with Crippen LogP contribution >= 0.6 is 0 Å². The number of amidine groups is 1. The van der Waals surface area contributed by atoms with Gasteiger partial charge in [-0.1, -0.05) is 12.1 Å². The monoisotopic (exact) mass is 255 g/mol. The van der Waals surface area contributed by atoms with E-state index >= 15 is 0 Å². The van der Waals surface area contributed by atoms with E-state index in [2.05, 4.69) is 10.5 Å². The van der Waals surface area contributed by atoms with Crippen molar-refractivity contribution in [1.82, 2.24) is 10.3 Å². The molecule has 1 aromatic rings. The highest BCUT2D eigenvalue weighted by atomic mass is 19.4. The predicted molar refractivity (Wildman–Crippen MR) is 60.7 cm³/mol. The Balaban J connectivity index is 1.91. The second-order valence-electron chi connectivity index (χ2n) is 4.49. The van der Waals surface area contributed by atoms with Crippen LogP contribution in [0.2, 0.25) is 0 Å². The molecule has 3 rings (SSSR count). The molecular formula is C12H12F3N3. The lowest BCUT2D eigenvalue weighted by Crippen LogP contribution is -2.27. The average Bonchev–Trinajstić information content (AvgIpc) is 2.89. The number of rotatable bonds is 1. The summed E-state index contributed by atoms with van der Waals surface area (Å²) < 4.78 is 38.0. The molecule has 6 heteroatoms. The quantitative estimate of drug-likeness (QED) is 0.835. The zero-order chi connectivity index (χ0) is 12.8. The van der Waals surface area contributed by atoms with Crippen molar-refractivity contribution in [3.8, 4) is 0 Å². The van der Waals surface area contributed by atoms with E-state index in [0.29, 0.717) is 12.2 Å². The van der Waals surface area contributed by atoms with Crippen LogP contribution in [-0.2, 0) is 6.18 Å². The largest absolute Gasteiger partial charge is 0.416 e. The van der Waals surface area contributed by atoms with Crippen molar-refractivity contribution in [3.63, 3.8) is 0 Å². The summed E-state index contributed by atoms with van der Waals surface area (Å²) in [6.07, 6.45) is -2.65. The van der Waals surface area contributed by atoms with Gasteiger partial charge in [0.25, 0.3) is 0 Å². The molecule has 0 bridgehead atoms. The topological polar surface area (TPSA) is 27.6 Å². The number of halogens is 3. The van der Waals surface area contributed by atoms with Crippen LogP contribution in [0, 0.1) is 0 Å². The molecule has 1 N–H and O–H groups in total. The number of nitrogens with one attached hydrogen (secondary N) is 1. The van der Waals surface area contributed by atoms with E-state index in [-0.39, 0.29) is 6.04 Å². The van der Waals surface area contributed by atoms with Crippen LogP contribution < -0.4 is 5.43 Å². The third-order valence-electron chi connectivity index (χ3n) is 3.40. The zero-order valence-electron chi connectivity index (χ0n) is 9.54. The van der Waals surface area contributed by atoms with Crippen LogP contribution in [0.5, 0.6) is 0 Å². The maximum absolute atomic E-state index is 12.7. The Kier molecular flexibility index (Phi) is 2.46. The van der Waals surface area contributed by atoms with E-state index in [1.54, 1.807) is 6.07 Å². The minimum absolute atomic E-state index is 0.000972. The highest BCUT2D eigenvalue weighted by molar-refractivity contribution is 5.85. The predicted octanol–water partition coefficient (Wildman–Crippen LogP) is 2.72. The lowest BCUT2D eigenvalue weighted by atomic mass is 10.0. The van der Waals surface area contributed by atoms with Gasteiger partial charge in [-0.2, -0.15) is 18.3 Å². The average molecular weight is 255 g/mol. The summed E-state index contributed by atoms with van der Waals surface area (Å²) >= 11 is 0. The molecule has 2 aliphatic rings. The zero-order valence-corrected chi connectivity index (χ0v) is 9.54. The van der Waals surface area contributed by atoms with Crippen LogP contribution in [-0.4, -0.2) is 17.4 Å². The van der Waals surface area contributed by atoms with Gasteiger partial charge in [-0.05, 0) is 24.1 Å². The number of hydrazone groups is 1. The van der Waals surface area contributed by atoms with Crippen molar-refractivity contribution in [3.05, 3.63) is 35.4 Å². The molecule has 1 saturated heterocycles. The van der Waals surface area contributed by atoms with Gasteiger partial charge < -0.3 is 4.90 Å². The number of hydrogen-bond acceptors (Lipinski definition) is 3. The van der Waals surface area contributed by atoms with Crippen LogP contribution in [0.15, 0.2) is 29.4 Å².